The number of likely N-dealkylation sites (tertiary alicyclic amines) is 1. The number of rotatable bonds is 7. The lowest BCUT2D eigenvalue weighted by Gasteiger charge is -2.31. The van der Waals surface area contributed by atoms with Crippen molar-refractivity contribution in [3.8, 4) is 0 Å². The van der Waals surface area contributed by atoms with E-state index in [2.05, 4.69) is 22.4 Å². The normalized spacial score (nSPS) is 15.2. The molecular formula is C21H25F3N4O2S. The first-order valence-electron chi connectivity index (χ1n) is 10.4. The van der Waals surface area contributed by atoms with Gasteiger partial charge >= 0.3 is 6.18 Å². The van der Waals surface area contributed by atoms with Gasteiger partial charge in [0, 0.05) is 31.0 Å². The van der Waals surface area contributed by atoms with Crippen LogP contribution in [0, 0.1) is 5.92 Å². The predicted octanol–water partition coefficient (Wildman–Crippen LogP) is 4.78. The van der Waals surface area contributed by atoms with Gasteiger partial charge in [-0.05, 0) is 43.5 Å². The summed E-state index contributed by atoms with van der Waals surface area (Å²) in [5, 5.41) is 12.3. The summed E-state index contributed by atoms with van der Waals surface area (Å²) < 4.78 is 38.0. The molecule has 1 aromatic heterocycles. The third kappa shape index (κ3) is 6.25. The zero-order valence-corrected chi connectivity index (χ0v) is 18.1. The Bertz CT molecular complexity index is 891. The van der Waals surface area contributed by atoms with Crippen molar-refractivity contribution in [2.45, 2.75) is 51.6 Å². The molecule has 2 aromatic rings. The van der Waals surface area contributed by atoms with E-state index >= 15 is 0 Å². The zero-order valence-electron chi connectivity index (χ0n) is 17.2. The number of nitrogens with zero attached hydrogens (tertiary/aromatic N) is 3. The van der Waals surface area contributed by atoms with Crippen LogP contribution in [0.2, 0.25) is 0 Å². The average molecular weight is 455 g/mol. The number of anilines is 1. The number of carbonyl (C=O) groups is 2. The molecule has 1 aliphatic heterocycles. The van der Waals surface area contributed by atoms with Gasteiger partial charge in [0.25, 0.3) is 5.91 Å². The smallest absolute Gasteiger partial charge is 0.339 e. The van der Waals surface area contributed by atoms with Crippen molar-refractivity contribution >= 4 is 28.3 Å². The van der Waals surface area contributed by atoms with Crippen molar-refractivity contribution in [2.75, 3.05) is 18.4 Å². The molecule has 0 bridgehead atoms. The van der Waals surface area contributed by atoms with Gasteiger partial charge in [-0.3, -0.25) is 9.59 Å². The van der Waals surface area contributed by atoms with E-state index in [-0.39, 0.29) is 23.3 Å². The molecule has 31 heavy (non-hydrogen) atoms. The molecule has 3 rings (SSSR count). The monoisotopic (exact) mass is 454 g/mol. The lowest BCUT2D eigenvalue weighted by molar-refractivity contribution is -0.137. The Kier molecular flexibility index (Phi) is 7.64. The van der Waals surface area contributed by atoms with Gasteiger partial charge in [-0.25, -0.2) is 0 Å². The molecule has 0 atom stereocenters. The van der Waals surface area contributed by atoms with Crippen molar-refractivity contribution in [2.24, 2.45) is 5.92 Å². The number of halogens is 3. The minimum absolute atomic E-state index is 0.141. The summed E-state index contributed by atoms with van der Waals surface area (Å²) >= 11 is 1.38. The minimum Gasteiger partial charge on any atom is -0.339 e. The quantitative estimate of drug-likeness (QED) is 0.611. The second-order valence-corrected chi connectivity index (χ2v) is 8.65. The summed E-state index contributed by atoms with van der Waals surface area (Å²) in [6.07, 6.45) is 0.696. The van der Waals surface area contributed by atoms with Crippen LogP contribution in [0.4, 0.5) is 18.3 Å². The molecule has 0 unspecified atom stereocenters. The number of aromatic nitrogens is 2. The Hall–Kier alpha value is -2.49. The predicted molar refractivity (Wildman–Crippen MR) is 112 cm³/mol. The fourth-order valence-electron chi connectivity index (χ4n) is 3.47. The summed E-state index contributed by atoms with van der Waals surface area (Å²) in [5.41, 5.74) is -0.579. The summed E-state index contributed by atoms with van der Waals surface area (Å²) in [7, 11) is 0. The number of aryl methyl sites for hydroxylation is 1. The van der Waals surface area contributed by atoms with Crippen molar-refractivity contribution < 1.29 is 22.8 Å². The van der Waals surface area contributed by atoms with Crippen LogP contribution in [0.3, 0.4) is 0 Å². The second kappa shape index (κ2) is 10.2. The molecule has 2 amide bonds. The maximum absolute atomic E-state index is 12.7. The third-order valence-electron chi connectivity index (χ3n) is 5.30. The Balaban J connectivity index is 1.48. The first-order chi connectivity index (χ1) is 14.8. The Labute approximate surface area is 182 Å². The SMILES string of the molecule is CCCCCc1nnc(NC(=O)C2CCN(C(=O)c3ccc(C(F)(F)F)cc3)CC2)s1. The van der Waals surface area contributed by atoms with E-state index in [9.17, 15) is 22.8 Å². The van der Waals surface area contributed by atoms with E-state index in [1.807, 2.05) is 0 Å². The number of piperidine rings is 1. The van der Waals surface area contributed by atoms with Gasteiger partial charge in [0.1, 0.15) is 5.01 Å². The van der Waals surface area contributed by atoms with E-state index in [0.717, 1.165) is 42.8 Å². The largest absolute Gasteiger partial charge is 0.416 e. The van der Waals surface area contributed by atoms with Gasteiger partial charge in [0.05, 0.1) is 5.56 Å². The lowest BCUT2D eigenvalue weighted by Crippen LogP contribution is -2.41. The number of amides is 2. The van der Waals surface area contributed by atoms with Crippen LogP contribution in [0.1, 0.15) is 60.0 Å². The lowest BCUT2D eigenvalue weighted by atomic mass is 9.95. The maximum atomic E-state index is 12.7. The molecule has 10 heteroatoms. The van der Waals surface area contributed by atoms with Crippen LogP contribution in [-0.4, -0.2) is 40.0 Å². The number of hydrogen-bond acceptors (Lipinski definition) is 5. The van der Waals surface area contributed by atoms with Crippen LogP contribution in [0.5, 0.6) is 0 Å². The fourth-order valence-corrected chi connectivity index (χ4v) is 4.25. The molecule has 168 valence electrons. The first-order valence-corrected chi connectivity index (χ1v) is 11.2. The van der Waals surface area contributed by atoms with Crippen molar-refractivity contribution in [3.05, 3.63) is 40.4 Å². The molecule has 0 spiro atoms. The first kappa shape index (κ1) is 23.2. The van der Waals surface area contributed by atoms with Gasteiger partial charge in [-0.15, -0.1) is 10.2 Å². The number of unbranched alkanes of at least 4 members (excludes halogenated alkanes) is 2. The van der Waals surface area contributed by atoms with Crippen LogP contribution in [0.25, 0.3) is 0 Å². The van der Waals surface area contributed by atoms with Crippen LogP contribution in [-0.2, 0) is 17.4 Å². The summed E-state index contributed by atoms with van der Waals surface area (Å²) in [6.45, 7) is 2.88. The van der Waals surface area contributed by atoms with Crippen molar-refractivity contribution in [1.29, 1.82) is 0 Å². The molecule has 0 radical (unpaired) electrons. The zero-order chi connectivity index (χ0) is 22.4. The molecule has 1 saturated heterocycles. The number of nitrogens with one attached hydrogen (secondary N) is 1. The second-order valence-electron chi connectivity index (χ2n) is 7.59. The number of carbonyl (C=O) groups excluding carboxylic acids is 2. The van der Waals surface area contributed by atoms with Crippen molar-refractivity contribution in [3.63, 3.8) is 0 Å². The Morgan fingerprint density at radius 3 is 2.42 bits per heavy atom. The molecule has 2 heterocycles. The standard InChI is InChI=1S/C21H25F3N4O2S/c1-2-3-4-5-17-26-27-20(31-17)25-18(29)14-10-12-28(13-11-14)19(30)15-6-8-16(9-7-15)21(22,23)24/h6-9,14H,2-5,10-13H2,1H3,(H,25,27,29). The molecule has 0 saturated carbocycles. The average Bonchev–Trinajstić information content (AvgIpc) is 3.20. The topological polar surface area (TPSA) is 75.2 Å². The molecule has 1 fully saturated rings. The van der Waals surface area contributed by atoms with Gasteiger partial charge in [-0.1, -0.05) is 31.1 Å². The summed E-state index contributed by atoms with van der Waals surface area (Å²) in [5.74, 6) is -0.713. The Morgan fingerprint density at radius 1 is 1.13 bits per heavy atom. The van der Waals surface area contributed by atoms with Gasteiger partial charge in [-0.2, -0.15) is 13.2 Å². The minimum atomic E-state index is -4.43. The van der Waals surface area contributed by atoms with E-state index in [0.29, 0.717) is 31.1 Å². The highest BCUT2D eigenvalue weighted by atomic mass is 32.1. The number of benzene rings is 1. The number of hydrogen-bond donors (Lipinski definition) is 1. The maximum Gasteiger partial charge on any atom is 0.416 e. The van der Waals surface area contributed by atoms with E-state index in [1.54, 1.807) is 4.90 Å². The van der Waals surface area contributed by atoms with Gasteiger partial charge < -0.3 is 10.2 Å². The summed E-state index contributed by atoms with van der Waals surface area (Å²) in [6, 6.07) is 4.20. The van der Waals surface area contributed by atoms with Gasteiger partial charge in [0.2, 0.25) is 11.0 Å². The van der Waals surface area contributed by atoms with Crippen LogP contribution in [0.15, 0.2) is 24.3 Å². The van der Waals surface area contributed by atoms with E-state index in [4.69, 9.17) is 0 Å². The van der Waals surface area contributed by atoms with E-state index < -0.39 is 11.7 Å². The van der Waals surface area contributed by atoms with Crippen LogP contribution < -0.4 is 5.32 Å². The molecule has 6 nitrogen and oxygen atoms in total. The van der Waals surface area contributed by atoms with Crippen molar-refractivity contribution in [1.82, 2.24) is 15.1 Å². The summed E-state index contributed by atoms with van der Waals surface area (Å²) in [4.78, 5) is 26.7. The third-order valence-corrected chi connectivity index (χ3v) is 6.20. The van der Waals surface area contributed by atoms with E-state index in [1.165, 1.54) is 23.5 Å². The van der Waals surface area contributed by atoms with Gasteiger partial charge in [0.15, 0.2) is 0 Å². The fraction of sp³-hybridized carbons (Fsp3) is 0.524. The molecule has 1 aromatic carbocycles. The molecule has 0 aliphatic carbocycles. The Morgan fingerprint density at radius 2 is 1.81 bits per heavy atom. The van der Waals surface area contributed by atoms with Crippen LogP contribution >= 0.6 is 11.3 Å². The highest BCUT2D eigenvalue weighted by molar-refractivity contribution is 7.15. The highest BCUT2D eigenvalue weighted by Gasteiger charge is 2.31. The molecule has 1 N–H and O–H groups in total. The molecule has 1 aliphatic rings. The molecular weight excluding hydrogens is 429 g/mol. The highest BCUT2D eigenvalue weighted by Crippen LogP contribution is 2.29. The number of alkyl halides is 3.